The van der Waals surface area contributed by atoms with Crippen LogP contribution in [0.25, 0.3) is 0 Å². The largest absolute Gasteiger partial charge is 0.352 e. The van der Waals surface area contributed by atoms with Crippen molar-refractivity contribution >= 4 is 21.8 Å². The number of rotatable bonds is 0. The van der Waals surface area contributed by atoms with Gasteiger partial charge in [0.25, 0.3) is 5.91 Å². The molecule has 3 N–H and O–H groups in total. The van der Waals surface area contributed by atoms with Crippen molar-refractivity contribution in [3.8, 4) is 0 Å². The summed E-state index contributed by atoms with van der Waals surface area (Å²) in [6.45, 7) is 0.645. The lowest BCUT2D eigenvalue weighted by Crippen LogP contribution is -2.22. The van der Waals surface area contributed by atoms with Crippen LogP contribution in [0.5, 0.6) is 0 Å². The molecule has 2 rings (SSSR count). The van der Waals surface area contributed by atoms with Gasteiger partial charge in [0.15, 0.2) is 0 Å². The van der Waals surface area contributed by atoms with E-state index in [-0.39, 0.29) is 11.9 Å². The molecule has 0 aliphatic carbocycles. The Morgan fingerprint density at radius 3 is 3.07 bits per heavy atom. The number of carbonyl (C=O) groups excluding carboxylic acids is 1. The quantitative estimate of drug-likeness (QED) is 0.739. The van der Waals surface area contributed by atoms with Gasteiger partial charge in [0, 0.05) is 22.6 Å². The van der Waals surface area contributed by atoms with Crippen LogP contribution in [-0.2, 0) is 0 Å². The first-order valence-corrected chi connectivity index (χ1v) is 5.31. The second kappa shape index (κ2) is 3.71. The second-order valence-corrected chi connectivity index (χ2v) is 4.30. The third-order valence-electron chi connectivity index (χ3n) is 2.40. The van der Waals surface area contributed by atoms with Gasteiger partial charge >= 0.3 is 0 Å². The van der Waals surface area contributed by atoms with E-state index in [4.69, 9.17) is 5.73 Å². The van der Waals surface area contributed by atoms with Gasteiger partial charge in [-0.3, -0.25) is 4.79 Å². The monoisotopic (exact) mass is 254 g/mol. The summed E-state index contributed by atoms with van der Waals surface area (Å²) in [6.07, 6.45) is 0.792. The van der Waals surface area contributed by atoms with Crippen molar-refractivity contribution in [3.63, 3.8) is 0 Å². The van der Waals surface area contributed by atoms with Gasteiger partial charge in [-0.1, -0.05) is 22.0 Å². The number of nitrogens with two attached hydrogens (primary N) is 1. The SMILES string of the molecule is NC1CCNC(=O)c2cc(Br)ccc21. The Bertz CT molecular complexity index is 378. The van der Waals surface area contributed by atoms with E-state index < -0.39 is 0 Å². The summed E-state index contributed by atoms with van der Waals surface area (Å²) >= 11 is 3.34. The van der Waals surface area contributed by atoms with Crippen molar-refractivity contribution in [3.05, 3.63) is 33.8 Å². The van der Waals surface area contributed by atoms with Crippen molar-refractivity contribution in [2.75, 3.05) is 6.54 Å². The zero-order chi connectivity index (χ0) is 10.1. The Kier molecular flexibility index (Phi) is 2.56. The van der Waals surface area contributed by atoms with Gasteiger partial charge in [0.1, 0.15) is 0 Å². The van der Waals surface area contributed by atoms with Crippen LogP contribution in [-0.4, -0.2) is 12.5 Å². The first-order chi connectivity index (χ1) is 6.68. The fourth-order valence-electron chi connectivity index (χ4n) is 1.64. The van der Waals surface area contributed by atoms with Crippen LogP contribution in [0.4, 0.5) is 0 Å². The fourth-order valence-corrected chi connectivity index (χ4v) is 2.00. The number of benzene rings is 1. The van der Waals surface area contributed by atoms with E-state index in [0.29, 0.717) is 12.1 Å². The van der Waals surface area contributed by atoms with Crippen LogP contribution in [0.3, 0.4) is 0 Å². The predicted molar refractivity (Wildman–Crippen MR) is 58.0 cm³/mol. The third kappa shape index (κ3) is 1.67. The molecule has 3 nitrogen and oxygen atoms in total. The smallest absolute Gasteiger partial charge is 0.251 e. The van der Waals surface area contributed by atoms with E-state index in [1.807, 2.05) is 18.2 Å². The lowest BCUT2D eigenvalue weighted by Gasteiger charge is -2.10. The first kappa shape index (κ1) is 9.68. The zero-order valence-electron chi connectivity index (χ0n) is 7.59. The van der Waals surface area contributed by atoms with Gasteiger partial charge in [-0.25, -0.2) is 0 Å². The lowest BCUT2D eigenvalue weighted by molar-refractivity contribution is 0.0956. The molecular weight excluding hydrogens is 244 g/mol. The number of amides is 1. The highest BCUT2D eigenvalue weighted by atomic mass is 79.9. The van der Waals surface area contributed by atoms with Gasteiger partial charge in [-0.05, 0) is 24.1 Å². The average molecular weight is 255 g/mol. The number of carbonyl (C=O) groups is 1. The van der Waals surface area contributed by atoms with Crippen molar-refractivity contribution in [1.82, 2.24) is 5.32 Å². The van der Waals surface area contributed by atoms with E-state index >= 15 is 0 Å². The Balaban J connectivity index is 2.54. The maximum atomic E-state index is 11.6. The van der Waals surface area contributed by atoms with Crippen LogP contribution < -0.4 is 11.1 Å². The average Bonchev–Trinajstić information content (AvgIpc) is 2.28. The topological polar surface area (TPSA) is 55.1 Å². The number of nitrogens with one attached hydrogen (secondary N) is 1. The number of fused-ring (bicyclic) bond motifs is 1. The normalized spacial score (nSPS) is 21.0. The zero-order valence-corrected chi connectivity index (χ0v) is 9.17. The minimum atomic E-state index is -0.0444. The third-order valence-corrected chi connectivity index (χ3v) is 2.89. The molecule has 1 unspecified atom stereocenters. The minimum absolute atomic E-state index is 0.0331. The summed E-state index contributed by atoms with van der Waals surface area (Å²) < 4.78 is 0.903. The van der Waals surface area contributed by atoms with Gasteiger partial charge in [-0.2, -0.15) is 0 Å². The molecule has 0 saturated carbocycles. The van der Waals surface area contributed by atoms with Gasteiger partial charge < -0.3 is 11.1 Å². The van der Waals surface area contributed by atoms with E-state index in [0.717, 1.165) is 16.5 Å². The molecule has 1 atom stereocenters. The lowest BCUT2D eigenvalue weighted by atomic mass is 10.00. The van der Waals surface area contributed by atoms with Crippen molar-refractivity contribution in [2.45, 2.75) is 12.5 Å². The first-order valence-electron chi connectivity index (χ1n) is 4.51. The molecule has 4 heteroatoms. The summed E-state index contributed by atoms with van der Waals surface area (Å²) in [6, 6.07) is 5.60. The Morgan fingerprint density at radius 2 is 2.29 bits per heavy atom. The number of halogens is 1. The number of hydrogen-bond donors (Lipinski definition) is 2. The molecule has 0 spiro atoms. The minimum Gasteiger partial charge on any atom is -0.352 e. The highest BCUT2D eigenvalue weighted by Crippen LogP contribution is 2.24. The molecule has 74 valence electrons. The molecule has 1 heterocycles. The van der Waals surface area contributed by atoms with Crippen LogP contribution in [0.2, 0.25) is 0 Å². The molecule has 1 aliphatic rings. The highest BCUT2D eigenvalue weighted by Gasteiger charge is 2.20. The van der Waals surface area contributed by atoms with Crippen LogP contribution in [0, 0.1) is 0 Å². The van der Waals surface area contributed by atoms with Crippen molar-refractivity contribution in [1.29, 1.82) is 0 Å². The molecule has 0 fully saturated rings. The molecule has 1 aromatic carbocycles. The molecule has 0 aromatic heterocycles. The maximum absolute atomic E-state index is 11.6. The van der Waals surface area contributed by atoms with Crippen molar-refractivity contribution in [2.24, 2.45) is 5.73 Å². The molecule has 0 saturated heterocycles. The molecule has 0 bridgehead atoms. The summed E-state index contributed by atoms with van der Waals surface area (Å²) in [5.41, 5.74) is 7.57. The molecule has 1 aromatic rings. The Hall–Kier alpha value is -0.870. The maximum Gasteiger partial charge on any atom is 0.251 e. The van der Waals surface area contributed by atoms with Gasteiger partial charge in [-0.15, -0.1) is 0 Å². The van der Waals surface area contributed by atoms with E-state index in [1.54, 1.807) is 0 Å². The Labute approximate surface area is 90.8 Å². The van der Waals surface area contributed by atoms with Crippen LogP contribution in [0.15, 0.2) is 22.7 Å². The number of hydrogen-bond acceptors (Lipinski definition) is 2. The summed E-state index contributed by atoms with van der Waals surface area (Å²) in [5.74, 6) is -0.0331. The molecule has 1 amide bonds. The molecule has 14 heavy (non-hydrogen) atoms. The van der Waals surface area contributed by atoms with Crippen LogP contribution >= 0.6 is 15.9 Å². The summed E-state index contributed by atoms with van der Waals surface area (Å²) in [4.78, 5) is 11.6. The molecule has 0 radical (unpaired) electrons. The summed E-state index contributed by atoms with van der Waals surface area (Å²) in [7, 11) is 0. The molecular formula is C10H11BrN2O. The summed E-state index contributed by atoms with van der Waals surface area (Å²) in [5, 5.41) is 2.82. The fraction of sp³-hybridized carbons (Fsp3) is 0.300. The van der Waals surface area contributed by atoms with E-state index in [1.165, 1.54) is 0 Å². The highest BCUT2D eigenvalue weighted by molar-refractivity contribution is 9.10. The van der Waals surface area contributed by atoms with E-state index in [9.17, 15) is 4.79 Å². The Morgan fingerprint density at radius 1 is 1.50 bits per heavy atom. The second-order valence-electron chi connectivity index (χ2n) is 3.38. The van der Waals surface area contributed by atoms with Crippen molar-refractivity contribution < 1.29 is 4.79 Å². The van der Waals surface area contributed by atoms with Gasteiger partial charge in [0.05, 0.1) is 0 Å². The van der Waals surface area contributed by atoms with Crippen LogP contribution in [0.1, 0.15) is 28.4 Å². The predicted octanol–water partition coefficient (Wildman–Crippen LogP) is 1.58. The van der Waals surface area contributed by atoms with E-state index in [2.05, 4.69) is 21.2 Å². The standard InChI is InChI=1S/C10H11BrN2O/c11-6-1-2-7-8(5-6)10(14)13-4-3-9(7)12/h1-2,5,9H,3-4,12H2,(H,13,14). The molecule has 1 aliphatic heterocycles. The van der Waals surface area contributed by atoms with Gasteiger partial charge in [0.2, 0.25) is 0 Å².